The lowest BCUT2D eigenvalue weighted by Gasteiger charge is -2.20. The number of aromatic nitrogens is 1. The van der Waals surface area contributed by atoms with Crippen molar-refractivity contribution in [2.75, 3.05) is 40.8 Å². The van der Waals surface area contributed by atoms with Crippen LogP contribution < -0.4 is 0 Å². The average Bonchev–Trinajstić information content (AvgIpc) is 2.84. The summed E-state index contributed by atoms with van der Waals surface area (Å²) in [6.07, 6.45) is 2.86. The second kappa shape index (κ2) is 6.81. The van der Waals surface area contributed by atoms with Gasteiger partial charge in [-0.1, -0.05) is 0 Å². The first-order chi connectivity index (χ1) is 9.58. The van der Waals surface area contributed by atoms with E-state index in [9.17, 15) is 4.79 Å². The van der Waals surface area contributed by atoms with Crippen LogP contribution in [0.25, 0.3) is 0 Å². The number of likely N-dealkylation sites (tertiary alicyclic amines) is 1. The first-order valence-electron chi connectivity index (χ1n) is 6.99. The SMILES string of the molecule is COC(=O)c1ccc(CN(C)CC2CCN(C)C2)nc1. The second-order valence-electron chi connectivity index (χ2n) is 5.64. The molecule has 0 aromatic carbocycles. The fourth-order valence-electron chi connectivity index (χ4n) is 2.71. The normalized spacial score (nSPS) is 19.5. The molecular weight excluding hydrogens is 254 g/mol. The number of hydrogen-bond acceptors (Lipinski definition) is 5. The smallest absolute Gasteiger partial charge is 0.339 e. The van der Waals surface area contributed by atoms with E-state index in [0.717, 1.165) is 24.7 Å². The number of carbonyl (C=O) groups is 1. The molecule has 0 saturated carbocycles. The minimum atomic E-state index is -0.341. The number of carbonyl (C=O) groups excluding carboxylic acids is 1. The molecule has 1 saturated heterocycles. The molecule has 5 heteroatoms. The number of hydrogen-bond donors (Lipinski definition) is 0. The molecule has 1 aliphatic rings. The Hall–Kier alpha value is -1.46. The zero-order valence-electron chi connectivity index (χ0n) is 12.5. The molecule has 2 rings (SSSR count). The standard InChI is InChI=1S/C15H23N3O2/c1-17-7-6-12(9-17)10-18(2)11-14-5-4-13(8-16-14)15(19)20-3/h4-5,8,12H,6-7,9-11H2,1-3H3. The molecular formula is C15H23N3O2. The van der Waals surface area contributed by atoms with Gasteiger partial charge >= 0.3 is 5.97 Å². The molecule has 1 aromatic heterocycles. The summed E-state index contributed by atoms with van der Waals surface area (Å²) in [6, 6.07) is 3.66. The predicted octanol–water partition coefficient (Wildman–Crippen LogP) is 1.25. The molecule has 1 aromatic rings. The maximum atomic E-state index is 11.3. The Kier molecular flexibility index (Phi) is 5.09. The quantitative estimate of drug-likeness (QED) is 0.758. The summed E-state index contributed by atoms with van der Waals surface area (Å²) in [6.45, 7) is 4.27. The monoisotopic (exact) mass is 277 g/mol. The van der Waals surface area contributed by atoms with Crippen LogP contribution in [0.1, 0.15) is 22.5 Å². The van der Waals surface area contributed by atoms with E-state index in [1.807, 2.05) is 6.07 Å². The van der Waals surface area contributed by atoms with E-state index in [2.05, 4.69) is 33.6 Å². The van der Waals surface area contributed by atoms with E-state index < -0.39 is 0 Å². The highest BCUT2D eigenvalue weighted by Crippen LogP contribution is 2.16. The van der Waals surface area contributed by atoms with Crippen LogP contribution in [0.2, 0.25) is 0 Å². The Morgan fingerprint density at radius 1 is 1.55 bits per heavy atom. The van der Waals surface area contributed by atoms with Crippen LogP contribution in [0.15, 0.2) is 18.3 Å². The first-order valence-corrected chi connectivity index (χ1v) is 6.99. The predicted molar refractivity (Wildman–Crippen MR) is 77.5 cm³/mol. The molecule has 0 N–H and O–H groups in total. The molecule has 1 fully saturated rings. The van der Waals surface area contributed by atoms with Crippen molar-refractivity contribution in [2.45, 2.75) is 13.0 Å². The van der Waals surface area contributed by atoms with Gasteiger partial charge in [-0.15, -0.1) is 0 Å². The van der Waals surface area contributed by atoms with Gasteiger partial charge in [-0.2, -0.15) is 0 Å². The number of rotatable bonds is 5. The van der Waals surface area contributed by atoms with Gasteiger partial charge in [0.05, 0.1) is 18.4 Å². The molecule has 2 heterocycles. The van der Waals surface area contributed by atoms with Gasteiger partial charge in [0.25, 0.3) is 0 Å². The molecule has 5 nitrogen and oxygen atoms in total. The number of ether oxygens (including phenoxy) is 1. The van der Waals surface area contributed by atoms with Crippen LogP contribution in [0.5, 0.6) is 0 Å². The van der Waals surface area contributed by atoms with E-state index in [1.165, 1.54) is 26.6 Å². The lowest BCUT2D eigenvalue weighted by atomic mass is 10.1. The van der Waals surface area contributed by atoms with Crippen molar-refractivity contribution in [3.05, 3.63) is 29.6 Å². The van der Waals surface area contributed by atoms with E-state index in [-0.39, 0.29) is 5.97 Å². The summed E-state index contributed by atoms with van der Waals surface area (Å²) in [4.78, 5) is 20.3. The Bertz CT molecular complexity index is 447. The van der Waals surface area contributed by atoms with Crippen molar-refractivity contribution >= 4 is 5.97 Å². The van der Waals surface area contributed by atoms with Gasteiger partial charge < -0.3 is 14.5 Å². The van der Waals surface area contributed by atoms with E-state index in [0.29, 0.717) is 5.56 Å². The highest BCUT2D eigenvalue weighted by atomic mass is 16.5. The minimum absolute atomic E-state index is 0.341. The third kappa shape index (κ3) is 4.02. The molecule has 20 heavy (non-hydrogen) atoms. The zero-order valence-corrected chi connectivity index (χ0v) is 12.5. The Morgan fingerprint density at radius 3 is 2.90 bits per heavy atom. The average molecular weight is 277 g/mol. The molecule has 1 aliphatic heterocycles. The summed E-state index contributed by atoms with van der Waals surface area (Å²) >= 11 is 0. The van der Waals surface area contributed by atoms with Crippen molar-refractivity contribution in [1.29, 1.82) is 0 Å². The largest absolute Gasteiger partial charge is 0.465 e. The lowest BCUT2D eigenvalue weighted by molar-refractivity contribution is 0.0600. The molecule has 110 valence electrons. The molecule has 0 aliphatic carbocycles. The van der Waals surface area contributed by atoms with Crippen LogP contribution in [0, 0.1) is 5.92 Å². The van der Waals surface area contributed by atoms with Gasteiger partial charge in [-0.3, -0.25) is 4.98 Å². The van der Waals surface area contributed by atoms with Crippen molar-refractivity contribution in [3.63, 3.8) is 0 Å². The maximum Gasteiger partial charge on any atom is 0.339 e. The fourth-order valence-corrected chi connectivity index (χ4v) is 2.71. The molecule has 1 unspecified atom stereocenters. The van der Waals surface area contributed by atoms with Crippen molar-refractivity contribution in [2.24, 2.45) is 5.92 Å². The molecule has 1 atom stereocenters. The highest BCUT2D eigenvalue weighted by Gasteiger charge is 2.20. The van der Waals surface area contributed by atoms with Gasteiger partial charge in [0.1, 0.15) is 0 Å². The van der Waals surface area contributed by atoms with Gasteiger partial charge in [0.2, 0.25) is 0 Å². The number of esters is 1. The van der Waals surface area contributed by atoms with E-state index in [4.69, 9.17) is 0 Å². The Balaban J connectivity index is 1.84. The maximum absolute atomic E-state index is 11.3. The first kappa shape index (κ1) is 14.9. The van der Waals surface area contributed by atoms with E-state index in [1.54, 1.807) is 12.3 Å². The Labute approximate surface area is 120 Å². The highest BCUT2D eigenvalue weighted by molar-refractivity contribution is 5.88. The van der Waals surface area contributed by atoms with E-state index >= 15 is 0 Å². The van der Waals surface area contributed by atoms with Crippen LogP contribution >= 0.6 is 0 Å². The third-order valence-corrected chi connectivity index (χ3v) is 3.74. The van der Waals surface area contributed by atoms with Crippen LogP contribution in [0.4, 0.5) is 0 Å². The topological polar surface area (TPSA) is 45.7 Å². The summed E-state index contributed by atoms with van der Waals surface area (Å²) in [5, 5.41) is 0. The van der Waals surface area contributed by atoms with Gasteiger partial charge in [0, 0.05) is 25.8 Å². The minimum Gasteiger partial charge on any atom is -0.465 e. The van der Waals surface area contributed by atoms with Crippen molar-refractivity contribution < 1.29 is 9.53 Å². The van der Waals surface area contributed by atoms with Crippen molar-refractivity contribution in [1.82, 2.24) is 14.8 Å². The van der Waals surface area contributed by atoms with Gasteiger partial charge in [-0.25, -0.2) is 4.79 Å². The number of pyridine rings is 1. The molecule has 0 amide bonds. The summed E-state index contributed by atoms with van der Waals surface area (Å²) in [5.74, 6) is 0.408. The molecule has 0 bridgehead atoms. The summed E-state index contributed by atoms with van der Waals surface area (Å²) in [7, 11) is 5.67. The van der Waals surface area contributed by atoms with Gasteiger partial charge in [-0.05, 0) is 45.1 Å². The summed E-state index contributed by atoms with van der Waals surface area (Å²) < 4.78 is 4.66. The lowest BCUT2D eigenvalue weighted by Crippen LogP contribution is -2.27. The number of nitrogens with zero attached hydrogens (tertiary/aromatic N) is 3. The zero-order chi connectivity index (χ0) is 14.5. The van der Waals surface area contributed by atoms with Crippen molar-refractivity contribution in [3.8, 4) is 0 Å². The number of methoxy groups -OCH3 is 1. The molecule has 0 radical (unpaired) electrons. The van der Waals surface area contributed by atoms with Crippen LogP contribution in [-0.4, -0.2) is 61.6 Å². The molecule has 0 spiro atoms. The fraction of sp³-hybridized carbons (Fsp3) is 0.600. The Morgan fingerprint density at radius 2 is 2.35 bits per heavy atom. The van der Waals surface area contributed by atoms with Crippen LogP contribution in [0.3, 0.4) is 0 Å². The summed E-state index contributed by atoms with van der Waals surface area (Å²) in [5.41, 5.74) is 1.47. The van der Waals surface area contributed by atoms with Crippen LogP contribution in [-0.2, 0) is 11.3 Å². The third-order valence-electron chi connectivity index (χ3n) is 3.74. The van der Waals surface area contributed by atoms with Gasteiger partial charge in [0.15, 0.2) is 0 Å². The second-order valence-corrected chi connectivity index (χ2v) is 5.64.